The van der Waals surface area contributed by atoms with Crippen molar-refractivity contribution in [2.75, 3.05) is 51.2 Å². The highest BCUT2D eigenvalue weighted by Crippen LogP contribution is 2.08. The second kappa shape index (κ2) is 8.84. The topological polar surface area (TPSA) is 81.2 Å². The van der Waals surface area contributed by atoms with E-state index in [1.54, 1.807) is 14.2 Å². The summed E-state index contributed by atoms with van der Waals surface area (Å²) in [6.07, 6.45) is 0.849. The highest BCUT2D eigenvalue weighted by Gasteiger charge is 2.02. The Morgan fingerprint density at radius 1 is 1.11 bits per heavy atom. The average molecular weight is 276 g/mol. The maximum Gasteiger partial charge on any atom is 0.228 e. The number of methoxy groups -OCH3 is 1. The lowest BCUT2D eigenvalue weighted by atomic mass is 10.4. The summed E-state index contributed by atoms with van der Waals surface area (Å²) in [5.74, 6) is 0.894. The number of nitrogens with zero attached hydrogens (tertiary/aromatic N) is 3. The second-order valence-corrected chi connectivity index (χ2v) is 3.73. The fourth-order valence-corrected chi connectivity index (χ4v) is 1.32. The van der Waals surface area contributed by atoms with E-state index >= 15 is 0 Å². The summed E-state index contributed by atoms with van der Waals surface area (Å²) in [7, 11) is 3.37. The molecule has 7 nitrogen and oxygen atoms in total. The van der Waals surface area contributed by atoms with Crippen molar-refractivity contribution in [1.29, 1.82) is 0 Å². The molecule has 0 atom stereocenters. The SMILES string of the molecule is CNc1nc(Cl)nc(NCCCOCCOC)n1. The van der Waals surface area contributed by atoms with E-state index in [0.29, 0.717) is 38.3 Å². The third-order valence-electron chi connectivity index (χ3n) is 2.01. The standard InChI is InChI=1S/C10H18ClN5O2/c1-12-9-14-8(11)15-10(16-9)13-4-3-5-18-7-6-17-2/h3-7H2,1-2H3,(H2,12,13,14,15,16). The molecule has 18 heavy (non-hydrogen) atoms. The van der Waals surface area contributed by atoms with Crippen LogP contribution < -0.4 is 10.6 Å². The van der Waals surface area contributed by atoms with Gasteiger partial charge in [0, 0.05) is 27.3 Å². The minimum atomic E-state index is 0.160. The summed E-state index contributed by atoms with van der Waals surface area (Å²) in [6, 6.07) is 0. The minimum absolute atomic E-state index is 0.160. The van der Waals surface area contributed by atoms with Gasteiger partial charge in [0.2, 0.25) is 17.2 Å². The molecular formula is C10H18ClN5O2. The number of halogens is 1. The summed E-state index contributed by atoms with van der Waals surface area (Å²) in [5, 5.41) is 6.02. The van der Waals surface area contributed by atoms with Gasteiger partial charge >= 0.3 is 0 Å². The fraction of sp³-hybridized carbons (Fsp3) is 0.700. The molecular weight excluding hydrogens is 258 g/mol. The van der Waals surface area contributed by atoms with Gasteiger partial charge in [-0.05, 0) is 18.0 Å². The molecule has 2 N–H and O–H groups in total. The number of anilines is 2. The highest BCUT2D eigenvalue weighted by molar-refractivity contribution is 6.28. The summed E-state index contributed by atoms with van der Waals surface area (Å²) in [4.78, 5) is 12.0. The van der Waals surface area contributed by atoms with Crippen molar-refractivity contribution >= 4 is 23.5 Å². The van der Waals surface area contributed by atoms with Gasteiger partial charge in [0.15, 0.2) is 0 Å². The number of hydrogen-bond acceptors (Lipinski definition) is 7. The number of aromatic nitrogens is 3. The van der Waals surface area contributed by atoms with E-state index in [0.717, 1.165) is 6.42 Å². The molecule has 8 heteroatoms. The predicted molar refractivity (Wildman–Crippen MR) is 70.2 cm³/mol. The van der Waals surface area contributed by atoms with Crippen LogP contribution in [0, 0.1) is 0 Å². The molecule has 1 aromatic heterocycles. The Morgan fingerprint density at radius 3 is 2.61 bits per heavy atom. The average Bonchev–Trinajstić information content (AvgIpc) is 2.37. The van der Waals surface area contributed by atoms with E-state index < -0.39 is 0 Å². The number of rotatable bonds is 9. The molecule has 0 radical (unpaired) electrons. The van der Waals surface area contributed by atoms with Crippen molar-refractivity contribution < 1.29 is 9.47 Å². The number of hydrogen-bond donors (Lipinski definition) is 2. The van der Waals surface area contributed by atoms with Gasteiger partial charge in [-0.15, -0.1) is 0 Å². The molecule has 0 unspecified atom stereocenters. The van der Waals surface area contributed by atoms with Gasteiger partial charge < -0.3 is 20.1 Å². The molecule has 0 saturated heterocycles. The molecule has 1 aromatic rings. The molecule has 0 aliphatic rings. The number of nitrogens with one attached hydrogen (secondary N) is 2. The van der Waals surface area contributed by atoms with Gasteiger partial charge in [-0.3, -0.25) is 0 Å². The summed E-state index contributed by atoms with van der Waals surface area (Å²) < 4.78 is 10.2. The molecule has 0 amide bonds. The normalized spacial score (nSPS) is 10.4. The van der Waals surface area contributed by atoms with Gasteiger partial charge in [0.05, 0.1) is 13.2 Å². The molecule has 1 rings (SSSR count). The van der Waals surface area contributed by atoms with Crippen LogP contribution in [-0.4, -0.2) is 55.5 Å². The van der Waals surface area contributed by atoms with Crippen LogP contribution in [0.2, 0.25) is 5.28 Å². The fourth-order valence-electron chi connectivity index (χ4n) is 1.16. The van der Waals surface area contributed by atoms with E-state index in [4.69, 9.17) is 21.1 Å². The van der Waals surface area contributed by atoms with E-state index in [9.17, 15) is 0 Å². The van der Waals surface area contributed by atoms with Gasteiger partial charge in [0.1, 0.15) is 0 Å². The third kappa shape index (κ3) is 5.95. The first-order valence-electron chi connectivity index (χ1n) is 5.66. The molecule has 0 saturated carbocycles. The first-order chi connectivity index (χ1) is 8.76. The summed E-state index contributed by atoms with van der Waals surface area (Å²) in [6.45, 7) is 2.59. The quantitative estimate of drug-likeness (QED) is 0.652. The van der Waals surface area contributed by atoms with Gasteiger partial charge in [-0.1, -0.05) is 0 Å². The Balaban J connectivity index is 2.20. The molecule has 0 aliphatic carbocycles. The lowest BCUT2D eigenvalue weighted by Crippen LogP contribution is -2.11. The van der Waals surface area contributed by atoms with Crippen molar-refractivity contribution in [3.8, 4) is 0 Å². The van der Waals surface area contributed by atoms with Crippen LogP contribution in [0.1, 0.15) is 6.42 Å². The van der Waals surface area contributed by atoms with Crippen molar-refractivity contribution in [3.63, 3.8) is 0 Å². The molecule has 0 aromatic carbocycles. The zero-order valence-corrected chi connectivity index (χ0v) is 11.3. The maximum atomic E-state index is 5.75. The van der Waals surface area contributed by atoms with Crippen LogP contribution in [0.25, 0.3) is 0 Å². The van der Waals surface area contributed by atoms with Crippen molar-refractivity contribution in [2.24, 2.45) is 0 Å². The minimum Gasteiger partial charge on any atom is -0.382 e. The Hall–Kier alpha value is -1.18. The smallest absolute Gasteiger partial charge is 0.228 e. The van der Waals surface area contributed by atoms with Crippen molar-refractivity contribution in [1.82, 2.24) is 15.0 Å². The van der Waals surface area contributed by atoms with Crippen LogP contribution in [-0.2, 0) is 9.47 Å². The highest BCUT2D eigenvalue weighted by atomic mass is 35.5. The second-order valence-electron chi connectivity index (χ2n) is 3.39. The summed E-state index contributed by atoms with van der Waals surface area (Å²) >= 11 is 5.75. The Morgan fingerprint density at radius 2 is 1.89 bits per heavy atom. The molecule has 102 valence electrons. The largest absolute Gasteiger partial charge is 0.382 e. The zero-order valence-electron chi connectivity index (χ0n) is 10.6. The van der Waals surface area contributed by atoms with Crippen LogP contribution in [0.5, 0.6) is 0 Å². The Bertz CT molecular complexity index is 353. The van der Waals surface area contributed by atoms with Crippen molar-refractivity contribution in [2.45, 2.75) is 6.42 Å². The maximum absolute atomic E-state index is 5.75. The molecule has 0 bridgehead atoms. The van der Waals surface area contributed by atoms with E-state index in [-0.39, 0.29) is 5.28 Å². The van der Waals surface area contributed by atoms with Crippen LogP contribution >= 0.6 is 11.6 Å². The Labute approximate surface area is 111 Å². The Kier molecular flexibility index (Phi) is 7.31. The number of ether oxygens (including phenoxy) is 2. The zero-order chi connectivity index (χ0) is 13.2. The van der Waals surface area contributed by atoms with Crippen LogP contribution in [0.3, 0.4) is 0 Å². The monoisotopic (exact) mass is 275 g/mol. The first-order valence-corrected chi connectivity index (χ1v) is 6.04. The molecule has 0 spiro atoms. The van der Waals surface area contributed by atoms with E-state index in [1.165, 1.54) is 0 Å². The van der Waals surface area contributed by atoms with E-state index in [1.807, 2.05) is 0 Å². The summed E-state index contributed by atoms with van der Waals surface area (Å²) in [5.41, 5.74) is 0. The lowest BCUT2D eigenvalue weighted by molar-refractivity contribution is 0.0705. The molecule has 0 aliphatic heterocycles. The van der Waals surface area contributed by atoms with Gasteiger partial charge in [-0.25, -0.2) is 0 Å². The molecule has 0 fully saturated rings. The molecule has 1 heterocycles. The van der Waals surface area contributed by atoms with Crippen LogP contribution in [0.15, 0.2) is 0 Å². The van der Waals surface area contributed by atoms with Gasteiger partial charge in [0.25, 0.3) is 0 Å². The van der Waals surface area contributed by atoms with E-state index in [2.05, 4.69) is 25.6 Å². The van der Waals surface area contributed by atoms with Gasteiger partial charge in [-0.2, -0.15) is 15.0 Å². The third-order valence-corrected chi connectivity index (χ3v) is 2.18. The van der Waals surface area contributed by atoms with Crippen molar-refractivity contribution in [3.05, 3.63) is 5.28 Å². The lowest BCUT2D eigenvalue weighted by Gasteiger charge is -2.07. The van der Waals surface area contributed by atoms with Crippen LogP contribution in [0.4, 0.5) is 11.9 Å². The predicted octanol–water partition coefficient (Wildman–Crippen LogP) is 1.03. The first kappa shape index (κ1) is 14.9.